The van der Waals surface area contributed by atoms with Crippen molar-refractivity contribution in [2.45, 2.75) is 78.9 Å². The third-order valence-corrected chi connectivity index (χ3v) is 7.59. The molecule has 7 unspecified atom stereocenters. The lowest BCUT2D eigenvalue weighted by molar-refractivity contribution is -0.125. The van der Waals surface area contributed by atoms with Gasteiger partial charge in [0.15, 0.2) is 0 Å². The molecule has 3 aliphatic carbocycles. The monoisotopic (exact) mass is 306 g/mol. The maximum atomic E-state index is 10.9. The molecule has 3 aliphatic rings. The largest absolute Gasteiger partial charge is 0.390 e. The highest BCUT2D eigenvalue weighted by atomic mass is 16.3. The molecular weight excluding hydrogens is 272 g/mol. The van der Waals surface area contributed by atoms with E-state index in [1.54, 1.807) is 0 Å². The van der Waals surface area contributed by atoms with Crippen LogP contribution in [0.2, 0.25) is 0 Å². The van der Waals surface area contributed by atoms with Crippen molar-refractivity contribution >= 4 is 0 Å². The summed E-state index contributed by atoms with van der Waals surface area (Å²) >= 11 is 0. The number of hydrogen-bond acceptors (Lipinski definition) is 2. The molecule has 0 spiro atoms. The summed E-state index contributed by atoms with van der Waals surface area (Å²) in [4.78, 5) is 0. The van der Waals surface area contributed by atoms with Gasteiger partial charge in [0, 0.05) is 5.41 Å². The molecule has 2 N–H and O–H groups in total. The van der Waals surface area contributed by atoms with Crippen molar-refractivity contribution < 1.29 is 10.2 Å². The Morgan fingerprint density at radius 2 is 1.82 bits per heavy atom. The zero-order valence-electron chi connectivity index (χ0n) is 15.0. The van der Waals surface area contributed by atoms with E-state index in [0.717, 1.165) is 12.3 Å². The average Bonchev–Trinajstić information content (AvgIpc) is 2.76. The van der Waals surface area contributed by atoms with Crippen LogP contribution >= 0.6 is 0 Å². The highest BCUT2D eigenvalue weighted by Crippen LogP contribution is 2.65. The second-order valence-electron chi connectivity index (χ2n) is 9.39. The lowest BCUT2D eigenvalue weighted by Gasteiger charge is -2.55. The van der Waals surface area contributed by atoms with Gasteiger partial charge in [0.2, 0.25) is 0 Å². The Bertz CT molecular complexity index is 468. The summed E-state index contributed by atoms with van der Waals surface area (Å²) in [5, 5.41) is 21.3. The summed E-state index contributed by atoms with van der Waals surface area (Å²) < 4.78 is 0. The maximum absolute atomic E-state index is 10.9. The fraction of sp³-hybridized carbons (Fsp3) is 0.900. The molecule has 0 aromatic carbocycles. The predicted octanol–water partition coefficient (Wildman–Crippen LogP) is 4.16. The van der Waals surface area contributed by atoms with Crippen LogP contribution in [0.15, 0.2) is 11.6 Å². The SMILES string of the molecule is CC1=CC2C3C(C(C)C)CCC3(C)CCC2(C)C(O)C(O)C1. The number of allylic oxidation sites excluding steroid dienone is 1. The molecule has 0 amide bonds. The van der Waals surface area contributed by atoms with Gasteiger partial charge in [-0.25, -0.2) is 0 Å². The molecule has 0 saturated heterocycles. The third-order valence-electron chi connectivity index (χ3n) is 7.59. The first-order chi connectivity index (χ1) is 10.2. The van der Waals surface area contributed by atoms with Crippen LogP contribution in [0.1, 0.15) is 66.7 Å². The van der Waals surface area contributed by atoms with E-state index in [9.17, 15) is 10.2 Å². The van der Waals surface area contributed by atoms with E-state index in [0.29, 0.717) is 29.6 Å². The molecule has 126 valence electrons. The number of rotatable bonds is 1. The normalized spacial score (nSPS) is 52.0. The molecule has 3 rings (SSSR count). The lowest BCUT2D eigenvalue weighted by Crippen LogP contribution is -2.53. The number of aliphatic hydroxyl groups is 2. The quantitative estimate of drug-likeness (QED) is 0.714. The Morgan fingerprint density at radius 3 is 2.45 bits per heavy atom. The minimum Gasteiger partial charge on any atom is -0.390 e. The topological polar surface area (TPSA) is 40.5 Å². The van der Waals surface area contributed by atoms with E-state index in [1.807, 2.05) is 0 Å². The molecule has 2 nitrogen and oxygen atoms in total. The van der Waals surface area contributed by atoms with Crippen LogP contribution in [0.25, 0.3) is 0 Å². The minimum atomic E-state index is -0.602. The molecule has 22 heavy (non-hydrogen) atoms. The molecule has 0 aromatic rings. The van der Waals surface area contributed by atoms with Crippen molar-refractivity contribution in [3.05, 3.63) is 11.6 Å². The van der Waals surface area contributed by atoms with Crippen LogP contribution < -0.4 is 0 Å². The van der Waals surface area contributed by atoms with Gasteiger partial charge in [-0.3, -0.25) is 0 Å². The van der Waals surface area contributed by atoms with Gasteiger partial charge in [-0.05, 0) is 68.1 Å². The second-order valence-corrected chi connectivity index (χ2v) is 9.39. The van der Waals surface area contributed by atoms with Gasteiger partial charge in [-0.1, -0.05) is 39.3 Å². The van der Waals surface area contributed by atoms with Crippen LogP contribution in [-0.4, -0.2) is 22.4 Å². The molecule has 7 atom stereocenters. The number of fused-ring (bicyclic) bond motifs is 3. The van der Waals surface area contributed by atoms with Crippen LogP contribution in [0, 0.1) is 34.5 Å². The fourth-order valence-electron chi connectivity index (χ4n) is 6.13. The van der Waals surface area contributed by atoms with Crippen molar-refractivity contribution in [3.63, 3.8) is 0 Å². The van der Waals surface area contributed by atoms with Crippen molar-refractivity contribution in [1.82, 2.24) is 0 Å². The van der Waals surface area contributed by atoms with Gasteiger partial charge < -0.3 is 10.2 Å². The summed E-state index contributed by atoms with van der Waals surface area (Å²) in [7, 11) is 0. The van der Waals surface area contributed by atoms with Crippen molar-refractivity contribution in [2.75, 3.05) is 0 Å². The van der Waals surface area contributed by atoms with Gasteiger partial charge in [0.25, 0.3) is 0 Å². The summed E-state index contributed by atoms with van der Waals surface area (Å²) in [5.41, 5.74) is 1.52. The minimum absolute atomic E-state index is 0.168. The van der Waals surface area contributed by atoms with Crippen molar-refractivity contribution in [1.29, 1.82) is 0 Å². The van der Waals surface area contributed by atoms with E-state index in [-0.39, 0.29) is 5.41 Å². The summed E-state index contributed by atoms with van der Waals surface area (Å²) in [6.45, 7) is 11.6. The zero-order chi connectivity index (χ0) is 16.3. The van der Waals surface area contributed by atoms with E-state index < -0.39 is 12.2 Å². The maximum Gasteiger partial charge on any atom is 0.0861 e. The van der Waals surface area contributed by atoms with Crippen molar-refractivity contribution in [2.24, 2.45) is 34.5 Å². The molecule has 0 aromatic heterocycles. The van der Waals surface area contributed by atoms with Crippen LogP contribution in [0.5, 0.6) is 0 Å². The van der Waals surface area contributed by atoms with E-state index in [4.69, 9.17) is 0 Å². The lowest BCUT2D eigenvalue weighted by atomic mass is 9.51. The molecule has 0 heterocycles. The average molecular weight is 306 g/mol. The Kier molecular flexibility index (Phi) is 4.01. The van der Waals surface area contributed by atoms with Crippen LogP contribution in [0.3, 0.4) is 0 Å². The Morgan fingerprint density at radius 1 is 1.14 bits per heavy atom. The summed E-state index contributed by atoms with van der Waals surface area (Å²) in [6.07, 6.45) is 6.77. The molecule has 0 bridgehead atoms. The zero-order valence-corrected chi connectivity index (χ0v) is 15.0. The van der Waals surface area contributed by atoms with E-state index in [1.165, 1.54) is 24.8 Å². The first-order valence-corrected chi connectivity index (χ1v) is 9.22. The number of hydrogen-bond donors (Lipinski definition) is 2. The highest BCUT2D eigenvalue weighted by molar-refractivity contribution is 5.19. The Labute approximate surface area is 136 Å². The molecular formula is C20H34O2. The van der Waals surface area contributed by atoms with Gasteiger partial charge in [-0.15, -0.1) is 0 Å². The first-order valence-electron chi connectivity index (χ1n) is 9.22. The summed E-state index contributed by atoms with van der Waals surface area (Å²) in [5.74, 6) is 2.52. The van der Waals surface area contributed by atoms with Gasteiger partial charge in [-0.2, -0.15) is 0 Å². The number of aliphatic hydroxyl groups excluding tert-OH is 2. The standard InChI is InChI=1S/C20H34O2/c1-12(2)14-6-7-19(4)8-9-20(5)15(17(14)19)10-13(3)11-16(21)18(20)22/h10,12,14-18,21-22H,6-9,11H2,1-5H3. The first kappa shape index (κ1) is 16.5. The second kappa shape index (κ2) is 5.34. The fourth-order valence-corrected chi connectivity index (χ4v) is 6.13. The Balaban J connectivity index is 2.07. The molecule has 0 aliphatic heterocycles. The predicted molar refractivity (Wildman–Crippen MR) is 90.4 cm³/mol. The van der Waals surface area contributed by atoms with Crippen LogP contribution in [0.4, 0.5) is 0 Å². The van der Waals surface area contributed by atoms with Gasteiger partial charge in [0.05, 0.1) is 12.2 Å². The molecule has 2 fully saturated rings. The molecule has 2 heteroatoms. The van der Waals surface area contributed by atoms with Gasteiger partial charge in [0.1, 0.15) is 0 Å². The van der Waals surface area contributed by atoms with E-state index in [2.05, 4.69) is 40.7 Å². The summed E-state index contributed by atoms with van der Waals surface area (Å²) in [6, 6.07) is 0. The van der Waals surface area contributed by atoms with Crippen LogP contribution in [-0.2, 0) is 0 Å². The third kappa shape index (κ3) is 2.29. The highest BCUT2D eigenvalue weighted by Gasteiger charge is 2.59. The van der Waals surface area contributed by atoms with Gasteiger partial charge >= 0.3 is 0 Å². The molecule has 0 radical (unpaired) electrons. The van der Waals surface area contributed by atoms with Crippen molar-refractivity contribution in [3.8, 4) is 0 Å². The Hall–Kier alpha value is -0.340. The molecule has 2 saturated carbocycles. The van der Waals surface area contributed by atoms with E-state index >= 15 is 0 Å². The smallest absolute Gasteiger partial charge is 0.0861 e.